The van der Waals surface area contributed by atoms with Gasteiger partial charge in [-0.1, -0.05) is 0 Å². The molecule has 6 nitrogen and oxygen atoms in total. The average Bonchev–Trinajstić information content (AvgIpc) is 2.73. The van der Waals surface area contributed by atoms with Crippen molar-refractivity contribution in [2.24, 2.45) is 0 Å². The fourth-order valence-electron chi connectivity index (χ4n) is 3.82. The molecule has 2 aromatic heterocycles. The van der Waals surface area contributed by atoms with Gasteiger partial charge in [-0.3, -0.25) is 4.57 Å². The van der Waals surface area contributed by atoms with Gasteiger partial charge in [0.05, 0.1) is 6.20 Å². The normalized spacial score (nSPS) is 21.6. The first-order valence-electron chi connectivity index (χ1n) is 7.48. The second-order valence-corrected chi connectivity index (χ2v) is 7.25. The quantitative estimate of drug-likeness (QED) is 0.888. The van der Waals surface area contributed by atoms with Crippen molar-refractivity contribution in [2.45, 2.75) is 57.7 Å². The second kappa shape index (κ2) is 4.66. The smallest absolute Gasteiger partial charge is 0.205 e. The summed E-state index contributed by atoms with van der Waals surface area (Å²) >= 11 is 0. The van der Waals surface area contributed by atoms with Crippen LogP contribution in [0.5, 0.6) is 0 Å². The summed E-state index contributed by atoms with van der Waals surface area (Å²) in [5, 5.41) is 15.3. The third-order valence-corrected chi connectivity index (χ3v) is 4.12. The van der Waals surface area contributed by atoms with E-state index in [9.17, 15) is 0 Å². The number of anilines is 1. The molecule has 0 atom stereocenters. The molecule has 0 aromatic carbocycles. The lowest BCUT2D eigenvalue weighted by Gasteiger charge is -2.47. The van der Waals surface area contributed by atoms with Crippen LogP contribution in [0.4, 0.5) is 5.95 Å². The Hall–Kier alpha value is -1.69. The van der Waals surface area contributed by atoms with Gasteiger partial charge < -0.3 is 10.6 Å². The van der Waals surface area contributed by atoms with Crippen LogP contribution in [-0.2, 0) is 0 Å². The van der Waals surface area contributed by atoms with Crippen LogP contribution in [0.3, 0.4) is 0 Å². The van der Waals surface area contributed by atoms with E-state index in [1.54, 1.807) is 6.20 Å². The molecule has 0 saturated carbocycles. The molecule has 3 rings (SSSR count). The monoisotopic (exact) mass is 288 g/mol. The molecule has 0 bridgehead atoms. The molecule has 6 heteroatoms. The predicted molar refractivity (Wildman–Crippen MR) is 84.4 cm³/mol. The summed E-state index contributed by atoms with van der Waals surface area (Å²) in [5.74, 6) is 0.865. The molecule has 2 aromatic rings. The molecule has 0 unspecified atom stereocenters. The fraction of sp³-hybridized carbons (Fsp3) is 0.667. The molecule has 1 aliphatic rings. The van der Waals surface area contributed by atoms with Crippen molar-refractivity contribution in [1.82, 2.24) is 25.1 Å². The molecule has 21 heavy (non-hydrogen) atoms. The lowest BCUT2D eigenvalue weighted by atomic mass is 9.79. The van der Waals surface area contributed by atoms with Crippen molar-refractivity contribution < 1.29 is 0 Å². The average molecular weight is 288 g/mol. The molecule has 0 spiro atoms. The molecular weight excluding hydrogens is 264 g/mol. The van der Waals surface area contributed by atoms with Crippen molar-refractivity contribution in [3.63, 3.8) is 0 Å². The first-order chi connectivity index (χ1) is 9.81. The minimum atomic E-state index is 0.0796. The third-order valence-electron chi connectivity index (χ3n) is 4.12. The summed E-state index contributed by atoms with van der Waals surface area (Å²) < 4.78 is 2.21. The van der Waals surface area contributed by atoms with Crippen LogP contribution in [0.15, 0.2) is 12.3 Å². The zero-order chi connectivity index (χ0) is 15.3. The van der Waals surface area contributed by atoms with Crippen LogP contribution in [0.1, 0.15) is 46.6 Å². The number of fused-ring (bicyclic) bond motifs is 1. The second-order valence-electron chi connectivity index (χ2n) is 7.25. The lowest BCUT2D eigenvalue weighted by Crippen LogP contribution is -2.58. The summed E-state index contributed by atoms with van der Waals surface area (Å²) in [6.07, 6.45) is 3.76. The number of nitrogens with zero attached hydrogens (tertiary/aromatic N) is 4. The van der Waals surface area contributed by atoms with Crippen LogP contribution in [0.2, 0.25) is 0 Å². The summed E-state index contributed by atoms with van der Waals surface area (Å²) in [4.78, 5) is 4.63. The van der Waals surface area contributed by atoms with Crippen molar-refractivity contribution in [1.29, 1.82) is 0 Å². The number of rotatable bonds is 2. The van der Waals surface area contributed by atoms with Crippen molar-refractivity contribution in [3.8, 4) is 0 Å². The van der Waals surface area contributed by atoms with Crippen molar-refractivity contribution in [3.05, 3.63) is 12.3 Å². The Kier molecular flexibility index (Phi) is 3.16. The molecule has 2 N–H and O–H groups in total. The standard InChI is InChI=1S/C15H24N6/c1-14(2)8-10(9-15(3,4)20-14)21-12-11(6-7-17-19-12)18-13(21)16-5/h6-7,10,20H,8-9H2,1-5H3,(H,16,18). The van der Waals surface area contributed by atoms with Gasteiger partial charge in [0.15, 0.2) is 5.65 Å². The van der Waals surface area contributed by atoms with Crippen molar-refractivity contribution in [2.75, 3.05) is 12.4 Å². The molecule has 1 fully saturated rings. The molecule has 0 radical (unpaired) electrons. The first-order valence-corrected chi connectivity index (χ1v) is 7.48. The Morgan fingerprint density at radius 3 is 2.52 bits per heavy atom. The molecule has 0 aliphatic carbocycles. The zero-order valence-electron chi connectivity index (χ0n) is 13.4. The summed E-state index contributed by atoms with van der Waals surface area (Å²) in [6, 6.07) is 2.26. The van der Waals surface area contributed by atoms with E-state index in [-0.39, 0.29) is 11.1 Å². The van der Waals surface area contributed by atoms with E-state index in [2.05, 4.69) is 58.1 Å². The number of hydrogen-bond acceptors (Lipinski definition) is 5. The van der Waals surface area contributed by atoms with E-state index in [1.807, 2.05) is 13.1 Å². The van der Waals surface area contributed by atoms with Gasteiger partial charge in [-0.2, -0.15) is 5.10 Å². The van der Waals surface area contributed by atoms with Crippen LogP contribution < -0.4 is 10.6 Å². The number of nitrogens with one attached hydrogen (secondary N) is 2. The molecule has 0 amide bonds. The minimum absolute atomic E-state index is 0.0796. The largest absolute Gasteiger partial charge is 0.359 e. The van der Waals surface area contributed by atoms with Gasteiger partial charge in [0.25, 0.3) is 0 Å². The number of imidazole rings is 1. The summed E-state index contributed by atoms with van der Waals surface area (Å²) in [5.41, 5.74) is 1.91. The molecule has 3 heterocycles. The van der Waals surface area contributed by atoms with E-state index in [4.69, 9.17) is 0 Å². The van der Waals surface area contributed by atoms with Crippen LogP contribution in [-0.4, -0.2) is 37.9 Å². The summed E-state index contributed by atoms with van der Waals surface area (Å²) in [6.45, 7) is 9.02. The van der Waals surface area contributed by atoms with E-state index in [0.717, 1.165) is 30.0 Å². The maximum Gasteiger partial charge on any atom is 0.205 e. The maximum absolute atomic E-state index is 4.63. The number of aromatic nitrogens is 4. The predicted octanol–water partition coefficient (Wildman–Crippen LogP) is 2.35. The maximum atomic E-state index is 4.63. The van der Waals surface area contributed by atoms with Gasteiger partial charge in [0, 0.05) is 24.2 Å². The van der Waals surface area contributed by atoms with E-state index >= 15 is 0 Å². The highest BCUT2D eigenvalue weighted by molar-refractivity contribution is 5.73. The highest BCUT2D eigenvalue weighted by Gasteiger charge is 2.39. The van der Waals surface area contributed by atoms with E-state index in [0.29, 0.717) is 6.04 Å². The van der Waals surface area contributed by atoms with Gasteiger partial charge in [0.2, 0.25) is 5.95 Å². The first kappa shape index (κ1) is 14.3. The molecule has 1 aliphatic heterocycles. The highest BCUT2D eigenvalue weighted by atomic mass is 15.3. The van der Waals surface area contributed by atoms with Crippen molar-refractivity contribution >= 4 is 17.1 Å². The van der Waals surface area contributed by atoms with Gasteiger partial charge in [-0.25, -0.2) is 4.98 Å². The fourth-order valence-corrected chi connectivity index (χ4v) is 3.82. The molecule has 114 valence electrons. The van der Waals surface area contributed by atoms with E-state index < -0.39 is 0 Å². The Labute approximate surface area is 125 Å². The molecule has 1 saturated heterocycles. The van der Waals surface area contributed by atoms with Crippen LogP contribution in [0.25, 0.3) is 11.2 Å². The van der Waals surface area contributed by atoms with Gasteiger partial charge in [-0.05, 0) is 46.6 Å². The van der Waals surface area contributed by atoms with Gasteiger partial charge in [0.1, 0.15) is 5.52 Å². The lowest BCUT2D eigenvalue weighted by molar-refractivity contribution is 0.135. The van der Waals surface area contributed by atoms with Gasteiger partial charge in [-0.15, -0.1) is 5.10 Å². The SMILES string of the molecule is CNc1nc2ccnnc2n1C1CC(C)(C)NC(C)(C)C1. The Morgan fingerprint density at radius 2 is 1.90 bits per heavy atom. The zero-order valence-corrected chi connectivity index (χ0v) is 13.4. The van der Waals surface area contributed by atoms with Crippen LogP contribution in [0, 0.1) is 0 Å². The Bertz CT molecular complexity index is 641. The number of piperidine rings is 1. The minimum Gasteiger partial charge on any atom is -0.359 e. The van der Waals surface area contributed by atoms with Gasteiger partial charge >= 0.3 is 0 Å². The summed E-state index contributed by atoms with van der Waals surface area (Å²) in [7, 11) is 1.91. The van der Waals surface area contributed by atoms with E-state index in [1.165, 1.54) is 0 Å². The Morgan fingerprint density at radius 1 is 1.24 bits per heavy atom. The Balaban J connectivity index is 2.11. The number of hydrogen-bond donors (Lipinski definition) is 2. The highest BCUT2D eigenvalue weighted by Crippen LogP contribution is 2.38. The molecular formula is C15H24N6. The third kappa shape index (κ3) is 2.60. The topological polar surface area (TPSA) is 67.7 Å². The van der Waals surface area contributed by atoms with Crippen LogP contribution >= 0.6 is 0 Å².